The fraction of sp³-hybridized carbons (Fsp3) is 0.625. The summed E-state index contributed by atoms with van der Waals surface area (Å²) in [5, 5.41) is 12.2. The third-order valence-corrected chi connectivity index (χ3v) is 3.67. The predicted molar refractivity (Wildman–Crippen MR) is 82.5 cm³/mol. The van der Waals surface area contributed by atoms with Crippen molar-refractivity contribution in [2.45, 2.75) is 46.2 Å². The van der Waals surface area contributed by atoms with Gasteiger partial charge in [0, 0.05) is 19.1 Å². The number of nitrogens with zero attached hydrogens (tertiary/aromatic N) is 1. The number of hydrogen-bond acceptors (Lipinski definition) is 3. The molecule has 1 aromatic carbocycles. The first-order chi connectivity index (χ1) is 10.1. The maximum atomic E-state index is 14.4. The van der Waals surface area contributed by atoms with E-state index in [1.807, 2.05) is 20.8 Å². The molecule has 0 saturated carbocycles. The molecular weight excluding hydrogens is 274 g/mol. The van der Waals surface area contributed by atoms with Crippen molar-refractivity contribution in [3.8, 4) is 0 Å². The second kappa shape index (κ2) is 8.95. The van der Waals surface area contributed by atoms with Gasteiger partial charge in [0.1, 0.15) is 17.3 Å². The Hall–Kier alpha value is -1.20. The highest BCUT2D eigenvalue weighted by atomic mass is 19.1. The predicted octanol–water partition coefficient (Wildman–Crippen LogP) is 3.06. The van der Waals surface area contributed by atoms with Crippen LogP contribution in [-0.2, 0) is 6.54 Å². The average molecular weight is 300 g/mol. The minimum Gasteiger partial charge on any atom is -0.395 e. The second-order valence-corrected chi connectivity index (χ2v) is 5.08. The number of benzene rings is 1. The lowest BCUT2D eigenvalue weighted by Gasteiger charge is -2.32. The van der Waals surface area contributed by atoms with Gasteiger partial charge in [0.15, 0.2) is 0 Å². The van der Waals surface area contributed by atoms with Gasteiger partial charge in [-0.15, -0.1) is 0 Å². The molecule has 0 aliphatic rings. The van der Waals surface area contributed by atoms with Crippen LogP contribution in [0.3, 0.4) is 0 Å². The van der Waals surface area contributed by atoms with Crippen molar-refractivity contribution in [3.05, 3.63) is 29.3 Å². The summed E-state index contributed by atoms with van der Waals surface area (Å²) < 4.78 is 28.7. The van der Waals surface area contributed by atoms with Crippen LogP contribution < -0.4 is 10.2 Å². The van der Waals surface area contributed by atoms with E-state index < -0.39 is 11.6 Å². The van der Waals surface area contributed by atoms with Crippen molar-refractivity contribution < 1.29 is 13.9 Å². The first kappa shape index (κ1) is 17.9. The monoisotopic (exact) mass is 300 g/mol. The van der Waals surface area contributed by atoms with Gasteiger partial charge in [-0.2, -0.15) is 0 Å². The maximum Gasteiger partial charge on any atom is 0.149 e. The summed E-state index contributed by atoms with van der Waals surface area (Å²) in [6, 6.07) is 2.75. The minimum atomic E-state index is -0.566. The zero-order valence-corrected chi connectivity index (χ0v) is 13.1. The third kappa shape index (κ3) is 4.64. The molecule has 3 nitrogen and oxygen atoms in total. The van der Waals surface area contributed by atoms with Gasteiger partial charge >= 0.3 is 0 Å². The van der Waals surface area contributed by atoms with Gasteiger partial charge < -0.3 is 15.3 Å². The van der Waals surface area contributed by atoms with Crippen LogP contribution in [0.15, 0.2) is 12.1 Å². The SMILES string of the molecule is CCNCc1cc(F)c(N(CCO)C(CC)CC)c(F)c1. The fourth-order valence-electron chi connectivity index (χ4n) is 2.58. The van der Waals surface area contributed by atoms with Gasteiger partial charge in [0.2, 0.25) is 0 Å². The molecule has 0 heterocycles. The molecule has 0 amide bonds. The van der Waals surface area contributed by atoms with Crippen molar-refractivity contribution >= 4 is 5.69 Å². The Morgan fingerprint density at radius 3 is 2.14 bits per heavy atom. The van der Waals surface area contributed by atoms with Gasteiger partial charge in [-0.3, -0.25) is 0 Å². The average Bonchev–Trinajstić information content (AvgIpc) is 2.45. The molecule has 0 fully saturated rings. The Balaban J connectivity index is 3.13. The molecule has 0 aromatic heterocycles. The standard InChI is InChI=1S/C16H26F2N2O/c1-4-13(5-2)20(7-8-21)16-14(17)9-12(10-15(16)18)11-19-6-3/h9-10,13,19,21H,4-8,11H2,1-3H3. The van der Waals surface area contributed by atoms with Gasteiger partial charge in [0.05, 0.1) is 6.61 Å². The van der Waals surface area contributed by atoms with Crippen LogP contribution in [0.4, 0.5) is 14.5 Å². The van der Waals surface area contributed by atoms with Crippen molar-refractivity contribution in [3.63, 3.8) is 0 Å². The summed E-state index contributed by atoms with van der Waals surface area (Å²) in [5.41, 5.74) is 0.557. The first-order valence-electron chi connectivity index (χ1n) is 7.65. The molecule has 0 saturated heterocycles. The van der Waals surface area contributed by atoms with E-state index in [4.69, 9.17) is 0 Å². The van der Waals surface area contributed by atoms with E-state index >= 15 is 0 Å². The van der Waals surface area contributed by atoms with E-state index in [9.17, 15) is 13.9 Å². The van der Waals surface area contributed by atoms with Crippen LogP contribution in [0.2, 0.25) is 0 Å². The molecule has 0 aliphatic heterocycles. The number of anilines is 1. The summed E-state index contributed by atoms with van der Waals surface area (Å²) in [4.78, 5) is 1.64. The highest BCUT2D eigenvalue weighted by Gasteiger charge is 2.22. The Bertz CT molecular complexity index is 413. The molecule has 0 spiro atoms. The topological polar surface area (TPSA) is 35.5 Å². The zero-order chi connectivity index (χ0) is 15.8. The lowest BCUT2D eigenvalue weighted by Crippen LogP contribution is -2.38. The molecule has 1 rings (SSSR count). The van der Waals surface area contributed by atoms with Crippen molar-refractivity contribution in [1.29, 1.82) is 0 Å². The van der Waals surface area contributed by atoms with Crippen LogP contribution in [0.25, 0.3) is 0 Å². The third-order valence-electron chi connectivity index (χ3n) is 3.67. The number of halogens is 2. The first-order valence-corrected chi connectivity index (χ1v) is 7.65. The summed E-state index contributed by atoms with van der Waals surface area (Å²) in [6.07, 6.45) is 1.54. The Morgan fingerprint density at radius 2 is 1.71 bits per heavy atom. The Kier molecular flexibility index (Phi) is 7.61. The van der Waals surface area contributed by atoms with Crippen molar-refractivity contribution in [2.75, 3.05) is 24.6 Å². The fourth-order valence-corrected chi connectivity index (χ4v) is 2.58. The van der Waals surface area contributed by atoms with Gasteiger partial charge in [-0.1, -0.05) is 20.8 Å². The highest BCUT2D eigenvalue weighted by molar-refractivity contribution is 5.51. The molecule has 0 bridgehead atoms. The molecule has 120 valence electrons. The summed E-state index contributed by atoms with van der Waals surface area (Å²) >= 11 is 0. The molecule has 0 radical (unpaired) electrons. The molecule has 0 unspecified atom stereocenters. The van der Waals surface area contributed by atoms with E-state index in [-0.39, 0.29) is 24.9 Å². The molecule has 21 heavy (non-hydrogen) atoms. The van der Waals surface area contributed by atoms with Gasteiger partial charge in [-0.05, 0) is 37.1 Å². The van der Waals surface area contributed by atoms with Crippen LogP contribution in [0.5, 0.6) is 0 Å². The second-order valence-electron chi connectivity index (χ2n) is 5.08. The van der Waals surface area contributed by atoms with Crippen LogP contribution in [-0.4, -0.2) is 30.8 Å². The molecule has 0 aliphatic carbocycles. The molecular formula is C16H26F2N2O. The molecule has 2 N–H and O–H groups in total. The number of aliphatic hydroxyl groups excluding tert-OH is 1. The minimum absolute atomic E-state index is 0.0146. The van der Waals surface area contributed by atoms with Gasteiger partial charge in [-0.25, -0.2) is 8.78 Å². The van der Waals surface area contributed by atoms with E-state index in [0.29, 0.717) is 12.1 Å². The Labute approximate surface area is 126 Å². The van der Waals surface area contributed by atoms with E-state index in [1.54, 1.807) is 4.90 Å². The summed E-state index contributed by atoms with van der Waals surface area (Å²) in [5.74, 6) is -1.13. The molecule has 1 aromatic rings. The van der Waals surface area contributed by atoms with Crippen molar-refractivity contribution in [2.24, 2.45) is 0 Å². The van der Waals surface area contributed by atoms with Crippen LogP contribution in [0.1, 0.15) is 39.2 Å². The summed E-state index contributed by atoms with van der Waals surface area (Å²) in [7, 11) is 0. The normalized spacial score (nSPS) is 11.2. The molecule has 5 heteroatoms. The number of nitrogens with one attached hydrogen (secondary N) is 1. The quantitative estimate of drug-likeness (QED) is 0.736. The highest BCUT2D eigenvalue weighted by Crippen LogP contribution is 2.28. The van der Waals surface area contributed by atoms with Crippen LogP contribution >= 0.6 is 0 Å². The van der Waals surface area contributed by atoms with E-state index in [1.165, 1.54) is 12.1 Å². The van der Waals surface area contributed by atoms with Crippen molar-refractivity contribution in [1.82, 2.24) is 5.32 Å². The Morgan fingerprint density at radius 1 is 1.14 bits per heavy atom. The van der Waals surface area contributed by atoms with E-state index in [2.05, 4.69) is 5.32 Å². The van der Waals surface area contributed by atoms with E-state index in [0.717, 1.165) is 19.4 Å². The maximum absolute atomic E-state index is 14.4. The number of aliphatic hydroxyl groups is 1. The smallest absolute Gasteiger partial charge is 0.149 e. The largest absolute Gasteiger partial charge is 0.395 e. The molecule has 0 atom stereocenters. The van der Waals surface area contributed by atoms with Crippen LogP contribution in [0, 0.1) is 11.6 Å². The van der Waals surface area contributed by atoms with Gasteiger partial charge in [0.25, 0.3) is 0 Å². The number of rotatable bonds is 9. The zero-order valence-electron chi connectivity index (χ0n) is 13.1. The lowest BCUT2D eigenvalue weighted by molar-refractivity contribution is 0.294. The lowest BCUT2D eigenvalue weighted by atomic mass is 10.1. The number of hydrogen-bond donors (Lipinski definition) is 2. The summed E-state index contributed by atoms with van der Waals surface area (Å²) in [6.45, 7) is 7.19.